The molecule has 0 unspecified atom stereocenters. The van der Waals surface area contributed by atoms with Crippen LogP contribution in [0.5, 0.6) is 0 Å². The number of nitrogens with zero attached hydrogens (tertiary/aromatic N) is 1. The molecule has 4 rings (SSSR count). The van der Waals surface area contributed by atoms with Crippen molar-refractivity contribution in [2.45, 2.75) is 31.3 Å². The highest BCUT2D eigenvalue weighted by Crippen LogP contribution is 2.44. The fraction of sp³-hybridized carbons (Fsp3) is 0.421. The van der Waals surface area contributed by atoms with E-state index in [1.165, 1.54) is 16.5 Å². The monoisotopic (exact) mass is 379 g/mol. The highest BCUT2D eigenvalue weighted by molar-refractivity contribution is 7.10. The number of likely N-dealkylation sites (tertiary alicyclic amines) is 1. The van der Waals surface area contributed by atoms with Gasteiger partial charge in [-0.2, -0.15) is 0 Å². The molecule has 2 aliphatic rings. The lowest BCUT2D eigenvalue weighted by Crippen LogP contribution is -2.48. The van der Waals surface area contributed by atoms with Crippen molar-refractivity contribution in [3.63, 3.8) is 0 Å². The molecule has 0 N–H and O–H groups in total. The summed E-state index contributed by atoms with van der Waals surface area (Å²) < 4.78 is 20.1. The Hall–Kier alpha value is -1.43. The molecule has 1 aromatic carbocycles. The van der Waals surface area contributed by atoms with Crippen LogP contribution in [-0.2, 0) is 28.0 Å². The summed E-state index contributed by atoms with van der Waals surface area (Å²) in [7, 11) is 0. The first-order chi connectivity index (χ1) is 12.1. The minimum atomic E-state index is -0.423. The Balaban J connectivity index is 1.45. The van der Waals surface area contributed by atoms with Crippen LogP contribution < -0.4 is 0 Å². The van der Waals surface area contributed by atoms with Crippen LogP contribution in [0.1, 0.15) is 28.8 Å². The van der Waals surface area contributed by atoms with Gasteiger partial charge in [-0.15, -0.1) is 11.3 Å². The van der Waals surface area contributed by atoms with E-state index in [1.54, 1.807) is 28.4 Å². The predicted octanol–water partition coefficient (Wildman–Crippen LogP) is 4.17. The summed E-state index contributed by atoms with van der Waals surface area (Å²) in [6, 6.07) is 6.69. The molecule has 0 atom stereocenters. The van der Waals surface area contributed by atoms with Gasteiger partial charge in [0.2, 0.25) is 5.91 Å². The number of hydrogen-bond donors (Lipinski definition) is 0. The Labute approximate surface area is 155 Å². The summed E-state index contributed by atoms with van der Waals surface area (Å²) in [5.41, 5.74) is 1.42. The first-order valence-electron chi connectivity index (χ1n) is 8.50. The largest absolute Gasteiger partial charge is 0.369 e. The molecule has 1 amide bonds. The van der Waals surface area contributed by atoms with Crippen molar-refractivity contribution in [2.75, 3.05) is 19.7 Å². The van der Waals surface area contributed by atoms with E-state index in [9.17, 15) is 9.18 Å². The number of ether oxygens (including phenoxy) is 1. The lowest BCUT2D eigenvalue weighted by atomic mass is 9.85. The van der Waals surface area contributed by atoms with Crippen LogP contribution in [0.4, 0.5) is 4.39 Å². The van der Waals surface area contributed by atoms with Crippen LogP contribution in [0.15, 0.2) is 29.6 Å². The lowest BCUT2D eigenvalue weighted by Gasteiger charge is -2.43. The van der Waals surface area contributed by atoms with Gasteiger partial charge in [-0.25, -0.2) is 4.39 Å². The smallest absolute Gasteiger partial charge is 0.227 e. The minimum Gasteiger partial charge on any atom is -0.369 e. The van der Waals surface area contributed by atoms with Crippen molar-refractivity contribution in [2.24, 2.45) is 0 Å². The van der Waals surface area contributed by atoms with E-state index < -0.39 is 5.82 Å². The van der Waals surface area contributed by atoms with Gasteiger partial charge < -0.3 is 9.64 Å². The van der Waals surface area contributed by atoms with Gasteiger partial charge >= 0.3 is 0 Å². The number of amides is 1. The minimum absolute atomic E-state index is 0.00359. The van der Waals surface area contributed by atoms with E-state index in [0.717, 1.165) is 25.9 Å². The van der Waals surface area contributed by atoms with Crippen molar-refractivity contribution in [1.82, 2.24) is 4.90 Å². The zero-order valence-electron chi connectivity index (χ0n) is 13.8. The number of thiophene rings is 1. The summed E-state index contributed by atoms with van der Waals surface area (Å²) in [6.45, 7) is 1.99. The van der Waals surface area contributed by atoms with Gasteiger partial charge in [0.05, 0.1) is 13.0 Å². The second-order valence-corrected chi connectivity index (χ2v) is 7.95. The molecule has 1 spiro atoms. The fourth-order valence-corrected chi connectivity index (χ4v) is 5.20. The molecule has 25 heavy (non-hydrogen) atoms. The number of carbonyl (C=O) groups is 1. The predicted molar refractivity (Wildman–Crippen MR) is 96.6 cm³/mol. The molecule has 3 heterocycles. The third kappa shape index (κ3) is 3.09. The lowest BCUT2D eigenvalue weighted by molar-refractivity contribution is -0.139. The van der Waals surface area contributed by atoms with E-state index in [2.05, 4.69) is 11.4 Å². The number of hydrogen-bond acceptors (Lipinski definition) is 3. The van der Waals surface area contributed by atoms with Crippen molar-refractivity contribution >= 4 is 28.8 Å². The quantitative estimate of drug-likeness (QED) is 0.783. The molecule has 0 radical (unpaired) electrons. The Kier molecular flexibility index (Phi) is 4.56. The van der Waals surface area contributed by atoms with Crippen LogP contribution >= 0.6 is 22.9 Å². The Morgan fingerprint density at radius 2 is 2.12 bits per heavy atom. The second kappa shape index (κ2) is 6.71. The molecular weight excluding hydrogens is 361 g/mol. The SMILES string of the molecule is O=C(Cc1c(F)cccc1Cl)N1CCC2(CC1)OCCc1ccsc12. The average Bonchev–Trinajstić information content (AvgIpc) is 3.09. The van der Waals surface area contributed by atoms with Crippen LogP contribution in [0.25, 0.3) is 0 Å². The number of halogens is 2. The van der Waals surface area contributed by atoms with Gasteiger partial charge in [-0.05, 0) is 48.4 Å². The van der Waals surface area contributed by atoms with E-state index in [1.807, 2.05) is 0 Å². The molecule has 2 aromatic rings. The Morgan fingerprint density at radius 1 is 1.32 bits per heavy atom. The van der Waals surface area contributed by atoms with Crippen LogP contribution in [0.3, 0.4) is 0 Å². The molecule has 3 nitrogen and oxygen atoms in total. The van der Waals surface area contributed by atoms with Crippen molar-refractivity contribution in [1.29, 1.82) is 0 Å². The van der Waals surface area contributed by atoms with Crippen molar-refractivity contribution in [3.05, 3.63) is 56.5 Å². The van der Waals surface area contributed by atoms with Gasteiger partial charge in [0, 0.05) is 28.6 Å². The highest BCUT2D eigenvalue weighted by Gasteiger charge is 2.42. The van der Waals surface area contributed by atoms with Crippen molar-refractivity contribution < 1.29 is 13.9 Å². The molecule has 0 bridgehead atoms. The van der Waals surface area contributed by atoms with Crippen LogP contribution in [-0.4, -0.2) is 30.5 Å². The highest BCUT2D eigenvalue weighted by atomic mass is 35.5. The maximum atomic E-state index is 13.9. The van der Waals surface area contributed by atoms with Crippen molar-refractivity contribution in [3.8, 4) is 0 Å². The number of rotatable bonds is 2. The summed E-state index contributed by atoms with van der Waals surface area (Å²) in [5, 5.41) is 2.43. The summed E-state index contributed by atoms with van der Waals surface area (Å²) in [6.07, 6.45) is 2.55. The molecule has 1 fully saturated rings. The maximum absolute atomic E-state index is 13.9. The fourth-order valence-electron chi connectivity index (χ4n) is 3.81. The van der Waals surface area contributed by atoms with Gasteiger partial charge in [0.15, 0.2) is 0 Å². The second-order valence-electron chi connectivity index (χ2n) is 6.63. The molecule has 2 aliphatic heterocycles. The van der Waals surface area contributed by atoms with E-state index >= 15 is 0 Å². The third-order valence-corrected chi connectivity index (χ3v) is 6.72. The van der Waals surface area contributed by atoms with E-state index in [0.29, 0.717) is 18.1 Å². The van der Waals surface area contributed by atoms with E-state index in [4.69, 9.17) is 16.3 Å². The number of fused-ring (bicyclic) bond motifs is 2. The molecule has 0 aliphatic carbocycles. The molecule has 132 valence electrons. The number of carbonyl (C=O) groups excluding carboxylic acids is 1. The van der Waals surface area contributed by atoms with E-state index in [-0.39, 0.29) is 23.5 Å². The summed E-state index contributed by atoms with van der Waals surface area (Å²) >= 11 is 7.79. The standard InChI is InChI=1S/C19H19ClFNO2S/c20-15-2-1-3-16(21)14(15)12-17(23)22-8-6-19(7-9-22)18-13(4-10-24-19)5-11-25-18/h1-3,5,11H,4,6-10,12H2. The molecule has 1 aromatic heterocycles. The van der Waals surface area contributed by atoms with Crippen LogP contribution in [0, 0.1) is 5.82 Å². The molecule has 0 saturated carbocycles. The first kappa shape index (κ1) is 17.0. The number of piperidine rings is 1. The first-order valence-corrected chi connectivity index (χ1v) is 9.76. The van der Waals surface area contributed by atoms with Gasteiger partial charge in [-0.1, -0.05) is 17.7 Å². The zero-order chi connectivity index (χ0) is 17.4. The number of benzene rings is 1. The van der Waals surface area contributed by atoms with Crippen LogP contribution in [0.2, 0.25) is 5.02 Å². The Morgan fingerprint density at radius 3 is 2.88 bits per heavy atom. The topological polar surface area (TPSA) is 29.5 Å². The van der Waals surface area contributed by atoms with Gasteiger partial charge in [0.25, 0.3) is 0 Å². The molecule has 6 heteroatoms. The average molecular weight is 380 g/mol. The zero-order valence-corrected chi connectivity index (χ0v) is 15.3. The molecular formula is C19H19ClFNO2S. The summed E-state index contributed by atoms with van der Waals surface area (Å²) in [4.78, 5) is 15.7. The normalized spacial score (nSPS) is 19.0. The van der Waals surface area contributed by atoms with Gasteiger partial charge in [0.1, 0.15) is 11.4 Å². The maximum Gasteiger partial charge on any atom is 0.227 e. The van der Waals surface area contributed by atoms with Gasteiger partial charge in [-0.3, -0.25) is 4.79 Å². The summed E-state index contributed by atoms with van der Waals surface area (Å²) in [5.74, 6) is -0.503. The Bertz CT molecular complexity index is 778. The molecule has 1 saturated heterocycles. The third-order valence-electron chi connectivity index (χ3n) is 5.22.